The molecular formula is C49H43N5. The molecule has 8 rings (SSSR count). The van der Waals surface area contributed by atoms with Gasteiger partial charge in [-0.05, 0) is 95.3 Å². The van der Waals surface area contributed by atoms with Crippen molar-refractivity contribution in [3.63, 3.8) is 0 Å². The summed E-state index contributed by atoms with van der Waals surface area (Å²) in [7, 11) is 0. The van der Waals surface area contributed by atoms with Crippen LogP contribution in [-0.2, 0) is 0 Å². The summed E-state index contributed by atoms with van der Waals surface area (Å²) in [5, 5.41) is 8.99. The highest BCUT2D eigenvalue weighted by Crippen LogP contribution is 2.36. The van der Waals surface area contributed by atoms with Gasteiger partial charge in [0, 0.05) is 53.7 Å². The molecule has 264 valence electrons. The number of aromatic nitrogens is 1. The third kappa shape index (κ3) is 8.32. The number of amidine groups is 2. The highest BCUT2D eigenvalue weighted by molar-refractivity contribution is 6.12. The van der Waals surface area contributed by atoms with E-state index in [0.29, 0.717) is 11.7 Å². The fourth-order valence-corrected chi connectivity index (χ4v) is 7.28. The lowest BCUT2D eigenvalue weighted by molar-refractivity contribution is 0.852. The fourth-order valence-electron chi connectivity index (χ4n) is 7.28. The summed E-state index contributed by atoms with van der Waals surface area (Å²) in [6.07, 6.45) is 34.9. The molecule has 5 heteroatoms. The van der Waals surface area contributed by atoms with Crippen molar-refractivity contribution in [3.8, 4) is 22.3 Å². The zero-order valence-corrected chi connectivity index (χ0v) is 30.4. The second-order valence-electron chi connectivity index (χ2n) is 14.0. The Balaban J connectivity index is 1.17. The molecule has 2 atom stereocenters. The number of hydrogen-bond donors (Lipinski definition) is 1. The maximum absolute atomic E-state index is 8.99. The first-order chi connectivity index (χ1) is 26.7. The van der Waals surface area contributed by atoms with Crippen molar-refractivity contribution in [1.29, 1.82) is 5.41 Å². The summed E-state index contributed by atoms with van der Waals surface area (Å²) in [5.41, 5.74) is 12.0. The Hall–Kier alpha value is -6.33. The van der Waals surface area contributed by atoms with E-state index in [0.717, 1.165) is 83.2 Å². The number of aliphatic imine (C=N–C) groups is 3. The standard InChI is InChI=1S/C49H43N5/c50-48(40-20-11-4-12-21-40)54-49(52-33-35-14-5-1-6-15-35)45-29-42(28-43(30-45)41-22-13-27-51-34-41)36-23-25-37(26-24-36)44-31-46(38-16-7-2-8-17-38)53-47(32-44)39-18-9-3-10-19-39/h2-5,7-9,11-18,20,22-31,33-34,40,44,50H,1,6,10,19,21,32H2. The zero-order chi connectivity index (χ0) is 36.5. The van der Waals surface area contributed by atoms with E-state index in [9.17, 15) is 0 Å². The van der Waals surface area contributed by atoms with Crippen molar-refractivity contribution in [2.45, 2.75) is 44.4 Å². The van der Waals surface area contributed by atoms with Crippen LogP contribution in [0.5, 0.6) is 0 Å². The van der Waals surface area contributed by atoms with E-state index in [2.05, 4.69) is 132 Å². The molecule has 4 aromatic rings. The number of hydrogen-bond acceptors (Lipinski definition) is 3. The molecule has 1 N–H and O–H groups in total. The van der Waals surface area contributed by atoms with E-state index in [1.807, 2.05) is 36.7 Å². The Morgan fingerprint density at radius 3 is 2.37 bits per heavy atom. The summed E-state index contributed by atoms with van der Waals surface area (Å²) in [6.45, 7) is 0. The van der Waals surface area contributed by atoms with Gasteiger partial charge >= 0.3 is 0 Å². The van der Waals surface area contributed by atoms with Crippen molar-refractivity contribution in [1.82, 2.24) is 4.98 Å². The van der Waals surface area contributed by atoms with Crippen molar-refractivity contribution in [2.24, 2.45) is 20.9 Å². The topological polar surface area (TPSA) is 73.8 Å². The van der Waals surface area contributed by atoms with Gasteiger partial charge in [-0.1, -0.05) is 127 Å². The molecule has 0 spiro atoms. The first-order valence-corrected chi connectivity index (χ1v) is 18.9. The Kier molecular flexibility index (Phi) is 10.7. The van der Waals surface area contributed by atoms with Crippen LogP contribution in [0.3, 0.4) is 0 Å². The quantitative estimate of drug-likeness (QED) is 0.144. The van der Waals surface area contributed by atoms with Gasteiger partial charge in [0.25, 0.3) is 0 Å². The SMILES string of the molecule is N=C(N=C(N=CC1=CCCC=C1)c1cc(-c2ccc(C3C=C(c4ccccc4)N=C(C4=CC=CCC4)C3)cc2)cc(-c2cccnc2)c1)C1C=CC=CC1. The molecule has 0 fully saturated rings. The van der Waals surface area contributed by atoms with Crippen molar-refractivity contribution in [2.75, 3.05) is 0 Å². The number of rotatable bonds is 8. The summed E-state index contributed by atoms with van der Waals surface area (Å²) in [5.74, 6) is 0.935. The van der Waals surface area contributed by atoms with E-state index in [1.165, 1.54) is 16.8 Å². The maximum Gasteiger partial charge on any atom is 0.161 e. The van der Waals surface area contributed by atoms with Crippen LogP contribution >= 0.6 is 0 Å². The molecule has 0 saturated carbocycles. The highest BCUT2D eigenvalue weighted by atomic mass is 15.0. The molecular weight excluding hydrogens is 659 g/mol. The molecule has 0 radical (unpaired) electrons. The molecule has 3 aliphatic carbocycles. The Labute approximate surface area is 318 Å². The van der Waals surface area contributed by atoms with E-state index in [1.54, 1.807) is 6.20 Å². The average Bonchev–Trinajstić information content (AvgIpc) is 3.26. The number of pyridine rings is 1. The minimum absolute atomic E-state index is 0.0878. The van der Waals surface area contributed by atoms with Crippen LogP contribution in [0.25, 0.3) is 28.0 Å². The molecule has 3 aromatic carbocycles. The fraction of sp³-hybridized carbons (Fsp3) is 0.163. The van der Waals surface area contributed by atoms with Crippen molar-refractivity contribution >= 4 is 29.3 Å². The van der Waals surface area contributed by atoms with Crippen molar-refractivity contribution in [3.05, 3.63) is 192 Å². The number of nitrogens with one attached hydrogen (secondary N) is 1. The molecule has 54 heavy (non-hydrogen) atoms. The maximum atomic E-state index is 8.99. The van der Waals surface area contributed by atoms with Crippen LogP contribution in [-0.4, -0.2) is 28.6 Å². The van der Waals surface area contributed by atoms with Gasteiger partial charge in [-0.25, -0.2) is 9.98 Å². The monoisotopic (exact) mass is 701 g/mol. The average molecular weight is 702 g/mol. The summed E-state index contributed by atoms with van der Waals surface area (Å²) in [4.78, 5) is 19.5. The van der Waals surface area contributed by atoms with Gasteiger partial charge in [0.1, 0.15) is 5.84 Å². The summed E-state index contributed by atoms with van der Waals surface area (Å²) < 4.78 is 0. The lowest BCUT2D eigenvalue weighted by Gasteiger charge is -2.24. The summed E-state index contributed by atoms with van der Waals surface area (Å²) >= 11 is 0. The second-order valence-corrected chi connectivity index (χ2v) is 14.0. The number of allylic oxidation sites excluding steroid dienone is 12. The predicted molar refractivity (Wildman–Crippen MR) is 226 cm³/mol. The molecule has 5 nitrogen and oxygen atoms in total. The third-order valence-electron chi connectivity index (χ3n) is 10.3. The first-order valence-electron chi connectivity index (χ1n) is 18.9. The Morgan fingerprint density at radius 2 is 1.63 bits per heavy atom. The van der Waals surface area contributed by atoms with Crippen LogP contribution < -0.4 is 0 Å². The molecule has 4 aliphatic rings. The number of benzene rings is 3. The minimum atomic E-state index is -0.0878. The molecule has 0 amide bonds. The molecule has 2 unspecified atom stereocenters. The van der Waals surface area contributed by atoms with Gasteiger partial charge in [0.05, 0.1) is 5.70 Å². The van der Waals surface area contributed by atoms with E-state index in [-0.39, 0.29) is 11.8 Å². The smallest absolute Gasteiger partial charge is 0.161 e. The zero-order valence-electron chi connectivity index (χ0n) is 30.4. The van der Waals surface area contributed by atoms with Crippen molar-refractivity contribution < 1.29 is 0 Å². The van der Waals surface area contributed by atoms with Crippen LogP contribution in [0.4, 0.5) is 0 Å². The van der Waals surface area contributed by atoms with Crippen LogP contribution in [0.15, 0.2) is 190 Å². The van der Waals surface area contributed by atoms with Crippen LogP contribution in [0.2, 0.25) is 0 Å². The largest absolute Gasteiger partial charge is 0.286 e. The molecule has 0 saturated heterocycles. The van der Waals surface area contributed by atoms with Crippen LogP contribution in [0.1, 0.15) is 61.1 Å². The van der Waals surface area contributed by atoms with Crippen LogP contribution in [0, 0.1) is 11.3 Å². The van der Waals surface area contributed by atoms with Gasteiger partial charge in [-0.15, -0.1) is 0 Å². The Morgan fingerprint density at radius 1 is 0.778 bits per heavy atom. The summed E-state index contributed by atoms with van der Waals surface area (Å²) in [6, 6.07) is 30.0. The highest BCUT2D eigenvalue weighted by Gasteiger charge is 2.22. The first kappa shape index (κ1) is 34.7. The van der Waals surface area contributed by atoms with Gasteiger partial charge in [-0.3, -0.25) is 15.4 Å². The van der Waals surface area contributed by atoms with Gasteiger partial charge in [-0.2, -0.15) is 0 Å². The molecule has 0 bridgehead atoms. The van der Waals surface area contributed by atoms with E-state index in [4.69, 9.17) is 20.4 Å². The predicted octanol–water partition coefficient (Wildman–Crippen LogP) is 11.9. The molecule has 2 heterocycles. The van der Waals surface area contributed by atoms with Gasteiger partial charge < -0.3 is 0 Å². The van der Waals surface area contributed by atoms with Gasteiger partial charge in [0.15, 0.2) is 5.84 Å². The van der Waals surface area contributed by atoms with Gasteiger partial charge in [0.2, 0.25) is 0 Å². The number of nitrogens with zero attached hydrogens (tertiary/aromatic N) is 4. The second kappa shape index (κ2) is 16.6. The minimum Gasteiger partial charge on any atom is -0.286 e. The van der Waals surface area contributed by atoms with E-state index >= 15 is 0 Å². The molecule has 1 aromatic heterocycles. The third-order valence-corrected chi connectivity index (χ3v) is 10.3. The normalized spacial score (nSPS) is 19.7. The molecule has 1 aliphatic heterocycles. The van der Waals surface area contributed by atoms with E-state index < -0.39 is 0 Å². The lowest BCUT2D eigenvalue weighted by atomic mass is 9.85. The Bertz CT molecular complexity index is 2330. The lowest BCUT2D eigenvalue weighted by Crippen LogP contribution is -2.14.